The lowest BCUT2D eigenvalue weighted by Crippen LogP contribution is -2.10. The second-order valence-corrected chi connectivity index (χ2v) is 4.80. The van der Waals surface area contributed by atoms with Crippen molar-refractivity contribution in [1.29, 1.82) is 5.26 Å². The molecule has 0 unspecified atom stereocenters. The van der Waals surface area contributed by atoms with Crippen LogP contribution in [0, 0.1) is 11.3 Å². The highest BCUT2D eigenvalue weighted by Crippen LogP contribution is 2.23. The Bertz CT molecular complexity index is 598. The number of halogens is 1. The standard InChI is InChI=1S/C13H10ClN3OS/c14-11-4-6-13(7-5-11)17(18)19-16-12-3-1-2-10(8-12)9-15/h1-8,16,18H. The summed E-state index contributed by atoms with van der Waals surface area (Å²) in [4.78, 5) is 0. The summed E-state index contributed by atoms with van der Waals surface area (Å²) in [5, 5.41) is 19.2. The van der Waals surface area contributed by atoms with Crippen LogP contribution in [0.5, 0.6) is 0 Å². The molecule has 4 nitrogen and oxygen atoms in total. The first-order valence-electron chi connectivity index (χ1n) is 5.37. The summed E-state index contributed by atoms with van der Waals surface area (Å²) in [6.07, 6.45) is 0. The van der Waals surface area contributed by atoms with Crippen LogP contribution in [0.3, 0.4) is 0 Å². The van der Waals surface area contributed by atoms with E-state index in [0.717, 1.165) is 22.3 Å². The number of nitrogens with zero attached hydrogens (tertiary/aromatic N) is 2. The van der Waals surface area contributed by atoms with Gasteiger partial charge in [-0.1, -0.05) is 17.7 Å². The van der Waals surface area contributed by atoms with E-state index in [4.69, 9.17) is 16.9 Å². The molecule has 0 aliphatic heterocycles. The molecule has 0 saturated heterocycles. The largest absolute Gasteiger partial charge is 0.310 e. The molecule has 2 aromatic carbocycles. The first kappa shape index (κ1) is 13.6. The zero-order valence-electron chi connectivity index (χ0n) is 9.75. The van der Waals surface area contributed by atoms with Crippen LogP contribution in [0.25, 0.3) is 0 Å². The Labute approximate surface area is 120 Å². The quantitative estimate of drug-likeness (QED) is 0.656. The van der Waals surface area contributed by atoms with Gasteiger partial charge in [0.2, 0.25) is 0 Å². The van der Waals surface area contributed by atoms with Crippen LogP contribution in [0.2, 0.25) is 5.02 Å². The van der Waals surface area contributed by atoms with E-state index >= 15 is 0 Å². The normalized spacial score (nSPS) is 9.74. The summed E-state index contributed by atoms with van der Waals surface area (Å²) in [6, 6.07) is 15.8. The van der Waals surface area contributed by atoms with Gasteiger partial charge in [-0.3, -0.25) is 5.21 Å². The van der Waals surface area contributed by atoms with Crippen molar-refractivity contribution in [1.82, 2.24) is 0 Å². The molecule has 2 aromatic rings. The van der Waals surface area contributed by atoms with Gasteiger partial charge in [-0.25, -0.2) is 0 Å². The lowest BCUT2D eigenvalue weighted by Gasteiger charge is -2.15. The van der Waals surface area contributed by atoms with E-state index in [0.29, 0.717) is 16.3 Å². The second-order valence-electron chi connectivity index (χ2n) is 3.64. The molecule has 0 fully saturated rings. The molecule has 0 heterocycles. The van der Waals surface area contributed by atoms with Crippen LogP contribution < -0.4 is 9.19 Å². The first-order chi connectivity index (χ1) is 9.19. The fraction of sp³-hybridized carbons (Fsp3) is 0. The maximum Gasteiger partial charge on any atom is 0.0992 e. The fourth-order valence-corrected chi connectivity index (χ4v) is 2.04. The van der Waals surface area contributed by atoms with Crippen molar-refractivity contribution < 1.29 is 5.21 Å². The highest BCUT2D eigenvalue weighted by Gasteiger charge is 2.04. The minimum absolute atomic E-state index is 0.557. The van der Waals surface area contributed by atoms with E-state index in [1.165, 1.54) is 0 Å². The molecule has 2 N–H and O–H groups in total. The molecule has 0 atom stereocenters. The Balaban J connectivity index is 1.98. The number of benzene rings is 2. The number of nitrogens with one attached hydrogen (secondary N) is 1. The molecule has 6 heteroatoms. The first-order valence-corrected chi connectivity index (χ1v) is 6.52. The minimum atomic E-state index is 0.557. The van der Waals surface area contributed by atoms with E-state index in [2.05, 4.69) is 10.8 Å². The predicted molar refractivity (Wildman–Crippen MR) is 78.1 cm³/mol. The van der Waals surface area contributed by atoms with Crippen LogP contribution in [0.1, 0.15) is 5.56 Å². The summed E-state index contributed by atoms with van der Waals surface area (Å²) in [5.41, 5.74) is 1.89. The van der Waals surface area contributed by atoms with E-state index in [1.54, 1.807) is 42.5 Å². The molecular formula is C13H10ClN3OS. The van der Waals surface area contributed by atoms with E-state index in [-0.39, 0.29) is 0 Å². The van der Waals surface area contributed by atoms with Crippen molar-refractivity contribution in [3.63, 3.8) is 0 Å². The van der Waals surface area contributed by atoms with Gasteiger partial charge < -0.3 is 4.72 Å². The van der Waals surface area contributed by atoms with Gasteiger partial charge in [-0.2, -0.15) is 9.73 Å². The number of nitriles is 1. The Morgan fingerprint density at radius 3 is 2.63 bits per heavy atom. The average Bonchev–Trinajstić information content (AvgIpc) is 2.46. The minimum Gasteiger partial charge on any atom is -0.310 e. The van der Waals surface area contributed by atoms with Crippen molar-refractivity contribution in [3.05, 3.63) is 59.1 Å². The highest BCUT2D eigenvalue weighted by atomic mass is 35.5. The zero-order chi connectivity index (χ0) is 13.7. The molecule has 0 aliphatic rings. The van der Waals surface area contributed by atoms with Gasteiger partial charge in [0.25, 0.3) is 0 Å². The van der Waals surface area contributed by atoms with E-state index < -0.39 is 0 Å². The van der Waals surface area contributed by atoms with Gasteiger partial charge in [0.15, 0.2) is 0 Å². The SMILES string of the molecule is N#Cc1cccc(NSN(O)c2ccc(Cl)cc2)c1. The molecule has 0 bridgehead atoms. The Kier molecular flexibility index (Phi) is 4.53. The molecule has 0 spiro atoms. The van der Waals surface area contributed by atoms with Gasteiger partial charge in [0.1, 0.15) is 0 Å². The van der Waals surface area contributed by atoms with Crippen molar-refractivity contribution in [2.75, 3.05) is 9.19 Å². The van der Waals surface area contributed by atoms with Crippen LogP contribution in [0.4, 0.5) is 11.4 Å². The van der Waals surface area contributed by atoms with Gasteiger partial charge in [0.05, 0.1) is 29.5 Å². The van der Waals surface area contributed by atoms with Gasteiger partial charge in [-0.05, 0) is 42.5 Å². The molecular weight excluding hydrogens is 282 g/mol. The third-order valence-corrected chi connectivity index (χ3v) is 3.25. The monoisotopic (exact) mass is 291 g/mol. The molecule has 0 aliphatic carbocycles. The topological polar surface area (TPSA) is 59.3 Å². The summed E-state index contributed by atoms with van der Waals surface area (Å²) >= 11 is 6.76. The molecule has 0 saturated carbocycles. The van der Waals surface area contributed by atoms with Crippen molar-refractivity contribution in [3.8, 4) is 6.07 Å². The fourth-order valence-electron chi connectivity index (χ4n) is 1.37. The molecule has 19 heavy (non-hydrogen) atoms. The van der Waals surface area contributed by atoms with Crippen molar-refractivity contribution in [2.24, 2.45) is 0 Å². The number of anilines is 2. The average molecular weight is 292 g/mol. The Hall–Kier alpha value is -1.87. The second kappa shape index (κ2) is 6.34. The van der Waals surface area contributed by atoms with Crippen LogP contribution >= 0.6 is 23.7 Å². The van der Waals surface area contributed by atoms with Gasteiger partial charge >= 0.3 is 0 Å². The maximum absolute atomic E-state index is 9.82. The van der Waals surface area contributed by atoms with E-state index in [9.17, 15) is 5.21 Å². The number of rotatable bonds is 4. The summed E-state index contributed by atoms with van der Waals surface area (Å²) < 4.78 is 3.92. The lowest BCUT2D eigenvalue weighted by molar-refractivity contribution is 0.332. The summed E-state index contributed by atoms with van der Waals surface area (Å²) in [5.74, 6) is 0. The number of hydrogen-bond donors (Lipinski definition) is 2. The third kappa shape index (κ3) is 3.80. The highest BCUT2D eigenvalue weighted by molar-refractivity contribution is 8.01. The molecule has 0 radical (unpaired) electrons. The predicted octanol–water partition coefficient (Wildman–Crippen LogP) is 4.08. The zero-order valence-corrected chi connectivity index (χ0v) is 11.3. The summed E-state index contributed by atoms with van der Waals surface area (Å²) in [6.45, 7) is 0. The van der Waals surface area contributed by atoms with E-state index in [1.807, 2.05) is 6.07 Å². The van der Waals surface area contributed by atoms with Gasteiger partial charge in [-0.15, -0.1) is 0 Å². The van der Waals surface area contributed by atoms with Crippen LogP contribution in [-0.4, -0.2) is 5.21 Å². The molecule has 2 rings (SSSR count). The smallest absolute Gasteiger partial charge is 0.0992 e. The van der Waals surface area contributed by atoms with Crippen molar-refractivity contribution in [2.45, 2.75) is 0 Å². The molecule has 0 aromatic heterocycles. The lowest BCUT2D eigenvalue weighted by atomic mass is 10.2. The molecule has 0 amide bonds. The van der Waals surface area contributed by atoms with Crippen LogP contribution in [-0.2, 0) is 0 Å². The van der Waals surface area contributed by atoms with Crippen LogP contribution in [0.15, 0.2) is 48.5 Å². The third-order valence-electron chi connectivity index (χ3n) is 2.29. The van der Waals surface area contributed by atoms with Crippen molar-refractivity contribution >= 4 is 35.1 Å². The number of hydrogen-bond acceptors (Lipinski definition) is 5. The van der Waals surface area contributed by atoms with Gasteiger partial charge in [0, 0.05) is 10.7 Å². The molecule has 96 valence electrons. The Morgan fingerprint density at radius 2 is 1.95 bits per heavy atom. The Morgan fingerprint density at radius 1 is 1.21 bits per heavy atom. The summed E-state index contributed by atoms with van der Waals surface area (Å²) in [7, 11) is 0. The maximum atomic E-state index is 9.82.